The van der Waals surface area contributed by atoms with Gasteiger partial charge in [0.05, 0.1) is 0 Å². The van der Waals surface area contributed by atoms with Crippen molar-refractivity contribution in [2.75, 3.05) is 0 Å². The van der Waals surface area contributed by atoms with Gasteiger partial charge in [0.15, 0.2) is 0 Å². The van der Waals surface area contributed by atoms with Crippen molar-refractivity contribution in [3.05, 3.63) is 59.7 Å². The van der Waals surface area contributed by atoms with Gasteiger partial charge in [0.25, 0.3) is 0 Å². The zero-order valence-electron chi connectivity index (χ0n) is 12.7. The lowest BCUT2D eigenvalue weighted by Gasteiger charge is -2.23. The first kappa shape index (κ1) is 14.6. The summed E-state index contributed by atoms with van der Waals surface area (Å²) in [5.74, 6) is 1.73. The smallest absolute Gasteiger partial charge is 0.132 e. The fourth-order valence-electron chi connectivity index (χ4n) is 2.24. The van der Waals surface area contributed by atoms with E-state index in [0.717, 1.165) is 17.1 Å². The van der Waals surface area contributed by atoms with E-state index < -0.39 is 0 Å². The van der Waals surface area contributed by atoms with Crippen LogP contribution in [0.5, 0.6) is 11.5 Å². The molecule has 20 heavy (non-hydrogen) atoms. The molecule has 1 unspecified atom stereocenters. The average Bonchev–Trinajstić information content (AvgIpc) is 2.38. The van der Waals surface area contributed by atoms with Crippen molar-refractivity contribution in [2.24, 2.45) is 5.73 Å². The highest BCUT2D eigenvalue weighted by atomic mass is 16.5. The maximum absolute atomic E-state index is 6.15. The van der Waals surface area contributed by atoms with Crippen LogP contribution in [0, 0.1) is 0 Å². The zero-order valence-corrected chi connectivity index (χ0v) is 12.7. The van der Waals surface area contributed by atoms with Gasteiger partial charge in [-0.1, -0.05) is 57.2 Å². The Bertz CT molecular complexity index is 582. The Morgan fingerprint density at radius 3 is 2.05 bits per heavy atom. The average molecular weight is 269 g/mol. The standard InChI is InChI=1S/C18H23NO/c1-13(19)14-9-5-7-11-16(14)20-17-12-8-6-10-15(17)18(2,3)4/h5-13H,19H2,1-4H3. The highest BCUT2D eigenvalue weighted by molar-refractivity contribution is 5.44. The largest absolute Gasteiger partial charge is 0.457 e. The number of ether oxygens (including phenoxy) is 1. The Hall–Kier alpha value is -1.80. The van der Waals surface area contributed by atoms with Crippen molar-refractivity contribution in [3.8, 4) is 11.5 Å². The van der Waals surface area contributed by atoms with Crippen LogP contribution in [0.15, 0.2) is 48.5 Å². The number of rotatable bonds is 3. The molecule has 2 nitrogen and oxygen atoms in total. The summed E-state index contributed by atoms with van der Waals surface area (Å²) in [5, 5.41) is 0. The van der Waals surface area contributed by atoms with Crippen molar-refractivity contribution in [1.82, 2.24) is 0 Å². The van der Waals surface area contributed by atoms with Crippen LogP contribution in [0.4, 0.5) is 0 Å². The van der Waals surface area contributed by atoms with Gasteiger partial charge in [0.1, 0.15) is 11.5 Å². The maximum Gasteiger partial charge on any atom is 0.132 e. The lowest BCUT2D eigenvalue weighted by Crippen LogP contribution is -2.13. The molecule has 106 valence electrons. The summed E-state index contributed by atoms with van der Waals surface area (Å²) in [4.78, 5) is 0. The lowest BCUT2D eigenvalue weighted by atomic mass is 9.86. The maximum atomic E-state index is 6.15. The van der Waals surface area contributed by atoms with Gasteiger partial charge in [-0.15, -0.1) is 0 Å². The number of benzene rings is 2. The van der Waals surface area contributed by atoms with Crippen LogP contribution in [0.1, 0.15) is 44.9 Å². The van der Waals surface area contributed by atoms with Crippen molar-refractivity contribution in [2.45, 2.75) is 39.2 Å². The predicted molar refractivity (Wildman–Crippen MR) is 84.3 cm³/mol. The van der Waals surface area contributed by atoms with E-state index in [0.29, 0.717) is 0 Å². The van der Waals surface area contributed by atoms with Crippen LogP contribution in [0.2, 0.25) is 0 Å². The summed E-state index contributed by atoms with van der Waals surface area (Å²) in [7, 11) is 0. The summed E-state index contributed by atoms with van der Waals surface area (Å²) >= 11 is 0. The van der Waals surface area contributed by atoms with E-state index in [-0.39, 0.29) is 11.5 Å². The van der Waals surface area contributed by atoms with Gasteiger partial charge < -0.3 is 10.5 Å². The molecule has 2 aromatic rings. The van der Waals surface area contributed by atoms with E-state index in [1.165, 1.54) is 5.56 Å². The molecule has 1 atom stereocenters. The summed E-state index contributed by atoms with van der Waals surface area (Å²) in [6.45, 7) is 8.53. The van der Waals surface area contributed by atoms with Crippen LogP contribution in [0.3, 0.4) is 0 Å². The highest BCUT2D eigenvalue weighted by Gasteiger charge is 2.19. The van der Waals surface area contributed by atoms with Crippen LogP contribution in [-0.4, -0.2) is 0 Å². The summed E-state index contributed by atoms with van der Waals surface area (Å²) < 4.78 is 6.15. The van der Waals surface area contributed by atoms with Crippen LogP contribution in [0.25, 0.3) is 0 Å². The van der Waals surface area contributed by atoms with E-state index in [1.54, 1.807) is 0 Å². The first-order valence-corrected chi connectivity index (χ1v) is 7.01. The van der Waals surface area contributed by atoms with Gasteiger partial charge in [-0.3, -0.25) is 0 Å². The van der Waals surface area contributed by atoms with Gasteiger partial charge in [-0.2, -0.15) is 0 Å². The Labute approximate surface area is 121 Å². The molecule has 0 bridgehead atoms. The third kappa shape index (κ3) is 3.20. The molecular weight excluding hydrogens is 246 g/mol. The molecule has 2 heteroatoms. The molecule has 2 N–H and O–H groups in total. The minimum atomic E-state index is -0.0481. The highest BCUT2D eigenvalue weighted by Crippen LogP contribution is 2.35. The molecule has 0 aliphatic rings. The Balaban J connectivity index is 2.41. The molecule has 0 aromatic heterocycles. The van der Waals surface area contributed by atoms with Crippen molar-refractivity contribution in [3.63, 3.8) is 0 Å². The fourth-order valence-corrected chi connectivity index (χ4v) is 2.24. The SMILES string of the molecule is CC(N)c1ccccc1Oc1ccccc1C(C)(C)C. The second kappa shape index (κ2) is 5.68. The van der Waals surface area contributed by atoms with Crippen LogP contribution >= 0.6 is 0 Å². The zero-order chi connectivity index (χ0) is 14.8. The first-order valence-electron chi connectivity index (χ1n) is 7.01. The predicted octanol–water partition coefficient (Wildman–Crippen LogP) is 4.80. The molecule has 0 amide bonds. The fraction of sp³-hybridized carbons (Fsp3) is 0.333. The topological polar surface area (TPSA) is 35.2 Å². The third-order valence-corrected chi connectivity index (χ3v) is 3.32. The quantitative estimate of drug-likeness (QED) is 0.869. The molecule has 0 aliphatic heterocycles. The number of hydrogen-bond donors (Lipinski definition) is 1. The van der Waals surface area contributed by atoms with Gasteiger partial charge in [0, 0.05) is 17.2 Å². The van der Waals surface area contributed by atoms with E-state index in [1.807, 2.05) is 49.4 Å². The monoisotopic (exact) mass is 269 g/mol. The van der Waals surface area contributed by atoms with E-state index in [9.17, 15) is 0 Å². The molecule has 0 aliphatic carbocycles. The number of hydrogen-bond acceptors (Lipinski definition) is 2. The minimum absolute atomic E-state index is 0.0415. The molecule has 0 fully saturated rings. The summed E-state index contributed by atoms with van der Waals surface area (Å²) in [6, 6.07) is 16.1. The molecule has 2 rings (SSSR count). The number of nitrogens with two attached hydrogens (primary N) is 1. The Morgan fingerprint density at radius 2 is 1.45 bits per heavy atom. The van der Waals surface area contributed by atoms with E-state index in [2.05, 4.69) is 26.8 Å². The lowest BCUT2D eigenvalue weighted by molar-refractivity contribution is 0.447. The normalized spacial score (nSPS) is 13.1. The van der Waals surface area contributed by atoms with Crippen molar-refractivity contribution in [1.29, 1.82) is 0 Å². The molecule has 0 heterocycles. The van der Waals surface area contributed by atoms with Gasteiger partial charge >= 0.3 is 0 Å². The molecule has 0 spiro atoms. The Kier molecular flexibility index (Phi) is 4.15. The molecule has 0 radical (unpaired) electrons. The first-order chi connectivity index (χ1) is 9.39. The van der Waals surface area contributed by atoms with E-state index in [4.69, 9.17) is 10.5 Å². The molecule has 0 saturated heterocycles. The van der Waals surface area contributed by atoms with E-state index >= 15 is 0 Å². The minimum Gasteiger partial charge on any atom is -0.457 e. The van der Waals surface area contributed by atoms with Crippen LogP contribution < -0.4 is 10.5 Å². The second-order valence-electron chi connectivity index (χ2n) is 6.17. The third-order valence-electron chi connectivity index (χ3n) is 3.32. The summed E-state index contributed by atoms with van der Waals surface area (Å²) in [6.07, 6.45) is 0. The van der Waals surface area contributed by atoms with Crippen molar-refractivity contribution >= 4 is 0 Å². The van der Waals surface area contributed by atoms with Gasteiger partial charge in [-0.25, -0.2) is 0 Å². The van der Waals surface area contributed by atoms with Gasteiger partial charge in [-0.05, 0) is 24.5 Å². The molecule has 0 saturated carbocycles. The van der Waals surface area contributed by atoms with Crippen molar-refractivity contribution < 1.29 is 4.74 Å². The van der Waals surface area contributed by atoms with Crippen LogP contribution in [-0.2, 0) is 5.41 Å². The summed E-state index contributed by atoms with van der Waals surface area (Å²) in [5.41, 5.74) is 8.27. The second-order valence-corrected chi connectivity index (χ2v) is 6.17. The van der Waals surface area contributed by atoms with Gasteiger partial charge in [0.2, 0.25) is 0 Å². The molecular formula is C18H23NO. The molecule has 2 aromatic carbocycles. The Morgan fingerprint density at radius 1 is 0.900 bits per heavy atom. The number of para-hydroxylation sites is 2.